The topological polar surface area (TPSA) is 46.3 Å². The van der Waals surface area contributed by atoms with Gasteiger partial charge in [-0.1, -0.05) is 0 Å². The number of carbonyl (C=O) groups is 1. The van der Waals surface area contributed by atoms with Crippen LogP contribution in [0.25, 0.3) is 0 Å². The molecule has 1 fully saturated rings. The number of fused-ring (bicyclic) bond motifs is 1. The van der Waals surface area contributed by atoms with Gasteiger partial charge >= 0.3 is 0 Å². The SMILES string of the molecule is CC1(C(=O)N2CCCc3cc(N)ccc32)CCCS1. The first-order valence-corrected chi connectivity index (χ1v) is 7.93. The Hall–Kier alpha value is -1.16. The Morgan fingerprint density at radius 2 is 2.26 bits per heavy atom. The fourth-order valence-electron chi connectivity index (χ4n) is 3.06. The van der Waals surface area contributed by atoms with Crippen molar-refractivity contribution in [3.63, 3.8) is 0 Å². The summed E-state index contributed by atoms with van der Waals surface area (Å²) in [6.45, 7) is 2.94. The number of hydrogen-bond donors (Lipinski definition) is 1. The van der Waals surface area contributed by atoms with Crippen molar-refractivity contribution >= 4 is 29.0 Å². The molecule has 3 nitrogen and oxygen atoms in total. The summed E-state index contributed by atoms with van der Waals surface area (Å²) < 4.78 is -0.226. The van der Waals surface area contributed by atoms with Gasteiger partial charge in [0.1, 0.15) is 0 Å². The number of aryl methyl sites for hydroxylation is 1. The van der Waals surface area contributed by atoms with Crippen LogP contribution in [0.5, 0.6) is 0 Å². The molecule has 19 heavy (non-hydrogen) atoms. The van der Waals surface area contributed by atoms with E-state index >= 15 is 0 Å². The molecule has 1 atom stereocenters. The molecule has 0 bridgehead atoms. The summed E-state index contributed by atoms with van der Waals surface area (Å²) in [5.41, 5.74) is 8.91. The van der Waals surface area contributed by atoms with E-state index in [2.05, 4.69) is 6.92 Å². The summed E-state index contributed by atoms with van der Waals surface area (Å²) in [6, 6.07) is 5.91. The second-order valence-electron chi connectivity index (χ2n) is 5.63. The van der Waals surface area contributed by atoms with Gasteiger partial charge in [0, 0.05) is 17.9 Å². The van der Waals surface area contributed by atoms with Gasteiger partial charge < -0.3 is 10.6 Å². The zero-order valence-electron chi connectivity index (χ0n) is 11.3. The van der Waals surface area contributed by atoms with Gasteiger partial charge in [0.2, 0.25) is 5.91 Å². The molecule has 102 valence electrons. The number of nitrogens with zero attached hydrogens (tertiary/aromatic N) is 1. The van der Waals surface area contributed by atoms with Crippen molar-refractivity contribution in [3.05, 3.63) is 23.8 Å². The lowest BCUT2D eigenvalue weighted by atomic mass is 9.97. The largest absolute Gasteiger partial charge is 0.399 e. The van der Waals surface area contributed by atoms with Crippen LogP contribution in [0.15, 0.2) is 18.2 Å². The number of amides is 1. The molecule has 2 aliphatic heterocycles. The molecule has 0 aliphatic carbocycles. The van der Waals surface area contributed by atoms with E-state index in [1.54, 1.807) is 0 Å². The van der Waals surface area contributed by atoms with Gasteiger partial charge in [-0.05, 0) is 62.1 Å². The third-order valence-corrected chi connectivity index (χ3v) is 5.65. The molecule has 1 amide bonds. The van der Waals surface area contributed by atoms with E-state index in [0.717, 1.165) is 49.4 Å². The molecule has 0 saturated carbocycles. The second kappa shape index (κ2) is 4.75. The maximum absolute atomic E-state index is 12.8. The number of rotatable bonds is 1. The minimum absolute atomic E-state index is 0.226. The third-order valence-electron chi connectivity index (χ3n) is 4.14. The first-order chi connectivity index (χ1) is 9.10. The van der Waals surface area contributed by atoms with Crippen molar-refractivity contribution < 1.29 is 4.79 Å². The highest BCUT2D eigenvalue weighted by molar-refractivity contribution is 8.01. The van der Waals surface area contributed by atoms with Crippen LogP contribution in [0.3, 0.4) is 0 Å². The number of nitrogens with two attached hydrogens (primary N) is 1. The van der Waals surface area contributed by atoms with Gasteiger partial charge in [-0.15, -0.1) is 11.8 Å². The van der Waals surface area contributed by atoms with Gasteiger partial charge in [-0.25, -0.2) is 0 Å². The fourth-order valence-corrected chi connectivity index (χ4v) is 4.32. The number of benzene rings is 1. The normalized spacial score (nSPS) is 26.3. The summed E-state index contributed by atoms with van der Waals surface area (Å²) in [7, 11) is 0. The van der Waals surface area contributed by atoms with Crippen LogP contribution in [-0.2, 0) is 11.2 Å². The smallest absolute Gasteiger partial charge is 0.242 e. The first kappa shape index (κ1) is 12.9. The van der Waals surface area contributed by atoms with E-state index in [-0.39, 0.29) is 10.7 Å². The summed E-state index contributed by atoms with van der Waals surface area (Å²) >= 11 is 1.81. The summed E-state index contributed by atoms with van der Waals surface area (Å²) in [4.78, 5) is 14.8. The van der Waals surface area contributed by atoms with Gasteiger partial charge in [0.25, 0.3) is 0 Å². The van der Waals surface area contributed by atoms with Crippen molar-refractivity contribution in [1.82, 2.24) is 0 Å². The fraction of sp³-hybridized carbons (Fsp3) is 0.533. The molecule has 2 heterocycles. The van der Waals surface area contributed by atoms with Crippen molar-refractivity contribution in [2.45, 2.75) is 37.4 Å². The van der Waals surface area contributed by atoms with Crippen LogP contribution < -0.4 is 10.6 Å². The van der Waals surface area contributed by atoms with Gasteiger partial charge in [-0.3, -0.25) is 4.79 Å². The number of hydrogen-bond acceptors (Lipinski definition) is 3. The molecule has 4 heteroatoms. The van der Waals surface area contributed by atoms with E-state index in [1.165, 1.54) is 5.56 Å². The van der Waals surface area contributed by atoms with Gasteiger partial charge in [0.05, 0.1) is 4.75 Å². The predicted molar refractivity (Wildman–Crippen MR) is 81.6 cm³/mol. The molecular weight excluding hydrogens is 256 g/mol. The first-order valence-electron chi connectivity index (χ1n) is 6.94. The van der Waals surface area contributed by atoms with E-state index < -0.39 is 0 Å². The van der Waals surface area contributed by atoms with Crippen molar-refractivity contribution in [2.24, 2.45) is 0 Å². The lowest BCUT2D eigenvalue weighted by molar-refractivity contribution is -0.120. The van der Waals surface area contributed by atoms with E-state index in [4.69, 9.17) is 5.73 Å². The monoisotopic (exact) mass is 276 g/mol. The molecule has 0 spiro atoms. The Labute approximate surface area is 118 Å². The molecule has 0 radical (unpaired) electrons. The molecular formula is C15H20N2OS. The zero-order chi connectivity index (χ0) is 13.5. The summed E-state index contributed by atoms with van der Waals surface area (Å²) in [6.07, 6.45) is 4.20. The Bertz CT molecular complexity index is 509. The quantitative estimate of drug-likeness (QED) is 0.802. The highest BCUT2D eigenvalue weighted by Gasteiger charge is 2.41. The lowest BCUT2D eigenvalue weighted by Gasteiger charge is -2.35. The Morgan fingerprint density at radius 1 is 1.42 bits per heavy atom. The van der Waals surface area contributed by atoms with Crippen molar-refractivity contribution in [2.75, 3.05) is 22.9 Å². The van der Waals surface area contributed by atoms with Crippen LogP contribution in [0.4, 0.5) is 11.4 Å². The van der Waals surface area contributed by atoms with Crippen LogP contribution in [0, 0.1) is 0 Å². The van der Waals surface area contributed by atoms with E-state index in [0.29, 0.717) is 0 Å². The molecule has 1 aromatic carbocycles. The maximum atomic E-state index is 12.8. The standard InChI is InChI=1S/C15H20N2OS/c1-15(7-3-9-19-15)14(18)17-8-2-4-11-10-12(16)5-6-13(11)17/h5-6,10H,2-4,7-9,16H2,1H3. The van der Waals surface area contributed by atoms with Crippen LogP contribution >= 0.6 is 11.8 Å². The Kier molecular flexibility index (Phi) is 3.21. The molecule has 1 aromatic rings. The number of anilines is 2. The predicted octanol–water partition coefficient (Wildman–Crippen LogP) is 2.83. The Balaban J connectivity index is 1.93. The van der Waals surface area contributed by atoms with E-state index in [1.807, 2.05) is 34.9 Å². The van der Waals surface area contributed by atoms with E-state index in [9.17, 15) is 4.79 Å². The van der Waals surface area contributed by atoms with Crippen LogP contribution in [0.1, 0.15) is 31.7 Å². The highest BCUT2D eigenvalue weighted by Crippen LogP contribution is 2.41. The number of nitrogen functional groups attached to an aromatic ring is 1. The van der Waals surface area contributed by atoms with Crippen LogP contribution in [0.2, 0.25) is 0 Å². The van der Waals surface area contributed by atoms with Crippen LogP contribution in [-0.4, -0.2) is 23.0 Å². The molecule has 2 N–H and O–H groups in total. The molecule has 3 rings (SSSR count). The average molecular weight is 276 g/mol. The Morgan fingerprint density at radius 3 is 3.00 bits per heavy atom. The maximum Gasteiger partial charge on any atom is 0.242 e. The average Bonchev–Trinajstić information content (AvgIpc) is 2.85. The molecule has 1 unspecified atom stereocenters. The third kappa shape index (κ3) is 2.22. The van der Waals surface area contributed by atoms with Gasteiger partial charge in [0.15, 0.2) is 0 Å². The summed E-state index contributed by atoms with van der Waals surface area (Å²) in [5, 5.41) is 0. The van der Waals surface area contributed by atoms with Crippen molar-refractivity contribution in [1.29, 1.82) is 0 Å². The molecule has 0 aromatic heterocycles. The number of thioether (sulfide) groups is 1. The minimum atomic E-state index is -0.226. The zero-order valence-corrected chi connectivity index (χ0v) is 12.1. The van der Waals surface area contributed by atoms with Gasteiger partial charge in [-0.2, -0.15) is 0 Å². The number of carbonyl (C=O) groups excluding carboxylic acids is 1. The van der Waals surface area contributed by atoms with Crippen molar-refractivity contribution in [3.8, 4) is 0 Å². The molecule has 1 saturated heterocycles. The second-order valence-corrected chi connectivity index (χ2v) is 7.23. The highest BCUT2D eigenvalue weighted by atomic mass is 32.2. The minimum Gasteiger partial charge on any atom is -0.399 e. The lowest BCUT2D eigenvalue weighted by Crippen LogP contribution is -2.46. The summed E-state index contributed by atoms with van der Waals surface area (Å²) in [5.74, 6) is 1.38. The molecule has 2 aliphatic rings.